The number of rotatable bonds is 8. The van der Waals surface area contributed by atoms with Crippen LogP contribution in [0, 0.1) is 0 Å². The van der Waals surface area contributed by atoms with Gasteiger partial charge in [-0.1, -0.05) is 0 Å². The summed E-state index contributed by atoms with van der Waals surface area (Å²) in [5, 5.41) is 3.24. The fraction of sp³-hybridized carbons (Fsp3) is 0.526. The number of amides is 1. The third-order valence-corrected chi connectivity index (χ3v) is 3.78. The summed E-state index contributed by atoms with van der Waals surface area (Å²) in [5.41, 5.74) is 0.846. The van der Waals surface area contributed by atoms with Gasteiger partial charge in [0.1, 0.15) is 0 Å². The maximum absolute atomic E-state index is 12.3. The first-order valence-electron chi connectivity index (χ1n) is 8.93. The predicted molar refractivity (Wildman–Crippen MR) is 98.4 cm³/mol. The predicted octanol–water partition coefficient (Wildman–Crippen LogP) is 2.33. The zero-order valence-electron chi connectivity index (χ0n) is 15.3. The molecule has 0 spiro atoms. The highest BCUT2D eigenvalue weighted by atomic mass is 16.5. The highest BCUT2D eigenvalue weighted by Gasteiger charge is 2.16. The summed E-state index contributed by atoms with van der Waals surface area (Å²) in [6.07, 6.45) is 3.40. The van der Waals surface area contributed by atoms with Gasteiger partial charge in [-0.2, -0.15) is 0 Å². The Morgan fingerprint density at radius 3 is 2.12 bits per heavy atom. The molecule has 25 heavy (non-hydrogen) atoms. The van der Waals surface area contributed by atoms with E-state index in [4.69, 9.17) is 14.2 Å². The second-order valence-electron chi connectivity index (χ2n) is 5.55. The van der Waals surface area contributed by atoms with Crippen LogP contribution < -0.4 is 19.5 Å². The lowest BCUT2D eigenvalue weighted by atomic mass is 10.1. The third kappa shape index (κ3) is 5.39. The van der Waals surface area contributed by atoms with Crippen LogP contribution in [0.15, 0.2) is 18.2 Å². The third-order valence-electron chi connectivity index (χ3n) is 3.78. The van der Waals surface area contributed by atoms with Gasteiger partial charge < -0.3 is 24.4 Å². The van der Waals surface area contributed by atoms with E-state index in [2.05, 4.69) is 5.32 Å². The minimum absolute atomic E-state index is 0.0197. The molecule has 1 heterocycles. The molecule has 0 unspecified atom stereocenters. The monoisotopic (exact) mass is 348 g/mol. The van der Waals surface area contributed by atoms with Crippen molar-refractivity contribution in [3.05, 3.63) is 23.8 Å². The quantitative estimate of drug-likeness (QED) is 0.731. The van der Waals surface area contributed by atoms with Gasteiger partial charge in [-0.05, 0) is 44.5 Å². The van der Waals surface area contributed by atoms with Crippen LogP contribution in [0.1, 0.15) is 26.3 Å². The number of nitrogens with one attached hydrogen (secondary N) is 1. The van der Waals surface area contributed by atoms with Gasteiger partial charge in [-0.25, -0.2) is 0 Å². The Morgan fingerprint density at radius 2 is 1.60 bits per heavy atom. The molecule has 1 amide bonds. The first-order valence-corrected chi connectivity index (χ1v) is 8.93. The first kappa shape index (κ1) is 19.1. The lowest BCUT2D eigenvalue weighted by Gasteiger charge is -2.26. The molecule has 1 saturated heterocycles. The zero-order chi connectivity index (χ0) is 18.1. The molecule has 1 aliphatic heterocycles. The van der Waals surface area contributed by atoms with Gasteiger partial charge in [0.25, 0.3) is 0 Å². The average molecular weight is 348 g/mol. The number of ether oxygens (including phenoxy) is 3. The van der Waals surface area contributed by atoms with Crippen molar-refractivity contribution in [2.75, 3.05) is 46.0 Å². The van der Waals surface area contributed by atoms with E-state index in [1.165, 1.54) is 0 Å². The van der Waals surface area contributed by atoms with Gasteiger partial charge in [0.15, 0.2) is 11.5 Å². The van der Waals surface area contributed by atoms with E-state index in [-0.39, 0.29) is 5.91 Å². The van der Waals surface area contributed by atoms with Gasteiger partial charge in [-0.3, -0.25) is 4.79 Å². The van der Waals surface area contributed by atoms with Gasteiger partial charge in [0, 0.05) is 32.3 Å². The van der Waals surface area contributed by atoms with Gasteiger partial charge in [0.05, 0.1) is 19.8 Å². The van der Waals surface area contributed by atoms with Crippen LogP contribution in [-0.4, -0.2) is 56.8 Å². The second kappa shape index (κ2) is 9.93. The maximum Gasteiger partial charge on any atom is 0.246 e. The summed E-state index contributed by atoms with van der Waals surface area (Å²) in [4.78, 5) is 14.1. The molecule has 0 atom stereocenters. The molecule has 138 valence electrons. The molecule has 0 radical (unpaired) electrons. The van der Waals surface area contributed by atoms with Gasteiger partial charge in [-0.15, -0.1) is 0 Å². The van der Waals surface area contributed by atoms with Crippen molar-refractivity contribution >= 4 is 12.0 Å². The smallest absolute Gasteiger partial charge is 0.246 e. The molecule has 0 saturated carbocycles. The summed E-state index contributed by atoms with van der Waals surface area (Å²) < 4.78 is 17.1. The Morgan fingerprint density at radius 1 is 1.04 bits per heavy atom. The van der Waals surface area contributed by atoms with Crippen molar-refractivity contribution in [3.8, 4) is 17.2 Å². The van der Waals surface area contributed by atoms with Crippen LogP contribution in [0.5, 0.6) is 17.2 Å². The fourth-order valence-electron chi connectivity index (χ4n) is 2.66. The Labute approximate surface area is 149 Å². The number of hydrogen-bond acceptors (Lipinski definition) is 5. The van der Waals surface area contributed by atoms with Crippen LogP contribution >= 0.6 is 0 Å². The molecular weight excluding hydrogens is 320 g/mol. The highest BCUT2D eigenvalue weighted by Crippen LogP contribution is 2.39. The molecule has 6 heteroatoms. The number of benzene rings is 1. The molecular formula is C19H28N2O4. The SMILES string of the molecule is CCOc1cc(/C=C/C(=O)N2CCNCC2)cc(OCC)c1OCC. The molecule has 1 fully saturated rings. The summed E-state index contributed by atoms with van der Waals surface area (Å²) in [6, 6.07) is 3.75. The number of carbonyl (C=O) groups excluding carboxylic acids is 1. The van der Waals surface area contributed by atoms with Crippen LogP contribution in [-0.2, 0) is 4.79 Å². The molecule has 6 nitrogen and oxygen atoms in total. The number of carbonyl (C=O) groups is 1. The minimum Gasteiger partial charge on any atom is -0.490 e. The van der Waals surface area contributed by atoms with Crippen LogP contribution in [0.25, 0.3) is 6.08 Å². The first-order chi connectivity index (χ1) is 12.2. The van der Waals surface area contributed by atoms with Gasteiger partial charge >= 0.3 is 0 Å². The standard InChI is InChI=1S/C19H28N2O4/c1-4-23-16-13-15(14-17(24-5-2)19(16)25-6-3)7-8-18(22)21-11-9-20-10-12-21/h7-8,13-14,20H,4-6,9-12H2,1-3H3/b8-7+. The van der Waals surface area contributed by atoms with Crippen molar-refractivity contribution in [2.24, 2.45) is 0 Å². The van der Waals surface area contributed by atoms with Crippen LogP contribution in [0.2, 0.25) is 0 Å². The number of nitrogens with zero attached hydrogens (tertiary/aromatic N) is 1. The van der Waals surface area contributed by atoms with E-state index in [0.717, 1.165) is 31.7 Å². The van der Waals surface area contributed by atoms with Crippen molar-refractivity contribution in [1.82, 2.24) is 10.2 Å². The molecule has 0 aromatic heterocycles. The van der Waals surface area contributed by atoms with Crippen molar-refractivity contribution in [2.45, 2.75) is 20.8 Å². The Bertz CT molecular complexity index is 568. The van der Waals surface area contributed by atoms with Crippen molar-refractivity contribution in [1.29, 1.82) is 0 Å². The normalized spacial score (nSPS) is 14.6. The molecule has 1 aliphatic rings. The molecule has 1 aromatic carbocycles. The number of hydrogen-bond donors (Lipinski definition) is 1. The molecule has 1 aromatic rings. The van der Waals surface area contributed by atoms with Crippen molar-refractivity contribution in [3.63, 3.8) is 0 Å². The molecule has 0 bridgehead atoms. The Kier molecular flexibility index (Phi) is 7.60. The van der Waals surface area contributed by atoms with Crippen molar-refractivity contribution < 1.29 is 19.0 Å². The average Bonchev–Trinajstić information content (AvgIpc) is 2.63. The van der Waals surface area contributed by atoms with Crippen LogP contribution in [0.4, 0.5) is 0 Å². The Balaban J connectivity index is 2.23. The summed E-state index contributed by atoms with van der Waals surface area (Å²) in [6.45, 7) is 10.5. The molecule has 2 rings (SSSR count). The summed E-state index contributed by atoms with van der Waals surface area (Å²) >= 11 is 0. The van der Waals surface area contributed by atoms with E-state index >= 15 is 0 Å². The van der Waals surface area contributed by atoms with E-state index in [1.807, 2.05) is 37.8 Å². The topological polar surface area (TPSA) is 60.0 Å². The van der Waals surface area contributed by atoms with E-state index in [1.54, 1.807) is 12.2 Å². The van der Waals surface area contributed by atoms with E-state index in [0.29, 0.717) is 37.1 Å². The minimum atomic E-state index is 0.0197. The molecule has 1 N–H and O–H groups in total. The fourth-order valence-corrected chi connectivity index (χ4v) is 2.66. The second-order valence-corrected chi connectivity index (χ2v) is 5.55. The number of piperazine rings is 1. The zero-order valence-corrected chi connectivity index (χ0v) is 15.3. The molecule has 0 aliphatic carbocycles. The maximum atomic E-state index is 12.3. The Hall–Kier alpha value is -2.21. The largest absolute Gasteiger partial charge is 0.490 e. The summed E-state index contributed by atoms with van der Waals surface area (Å²) in [7, 11) is 0. The highest BCUT2D eigenvalue weighted by molar-refractivity contribution is 5.92. The van der Waals surface area contributed by atoms with Gasteiger partial charge in [0.2, 0.25) is 11.7 Å². The van der Waals surface area contributed by atoms with E-state index in [9.17, 15) is 4.79 Å². The van der Waals surface area contributed by atoms with Crippen LogP contribution in [0.3, 0.4) is 0 Å². The lowest BCUT2D eigenvalue weighted by molar-refractivity contribution is -0.126. The lowest BCUT2D eigenvalue weighted by Crippen LogP contribution is -2.45. The van der Waals surface area contributed by atoms with E-state index < -0.39 is 0 Å². The summed E-state index contributed by atoms with van der Waals surface area (Å²) in [5.74, 6) is 1.89.